The lowest BCUT2D eigenvalue weighted by Crippen LogP contribution is -2.53. The van der Waals surface area contributed by atoms with E-state index in [4.69, 9.17) is 0 Å². The fourth-order valence-electron chi connectivity index (χ4n) is 3.29. The SMILES string of the molecule is Cc1ccc2[nH]nc(C(=O)NCC(C)(C)N3CCCCC3)c2c1. The molecule has 1 amide bonds. The van der Waals surface area contributed by atoms with Crippen LogP contribution in [-0.2, 0) is 0 Å². The molecule has 2 aromatic rings. The van der Waals surface area contributed by atoms with Gasteiger partial charge in [0.25, 0.3) is 5.91 Å². The third-order valence-corrected chi connectivity index (χ3v) is 4.83. The number of amides is 1. The number of aromatic nitrogens is 2. The average molecular weight is 314 g/mol. The van der Waals surface area contributed by atoms with Crippen molar-refractivity contribution in [3.8, 4) is 0 Å². The molecule has 1 aliphatic rings. The lowest BCUT2D eigenvalue weighted by atomic mass is 9.98. The molecule has 0 spiro atoms. The van der Waals surface area contributed by atoms with Gasteiger partial charge in [-0.1, -0.05) is 18.1 Å². The lowest BCUT2D eigenvalue weighted by Gasteiger charge is -2.41. The molecule has 2 N–H and O–H groups in total. The number of H-pyrrole nitrogens is 1. The predicted octanol–water partition coefficient (Wildman–Crippen LogP) is 2.87. The number of rotatable bonds is 4. The van der Waals surface area contributed by atoms with Crippen molar-refractivity contribution in [1.29, 1.82) is 0 Å². The number of carbonyl (C=O) groups is 1. The molecule has 3 rings (SSSR count). The summed E-state index contributed by atoms with van der Waals surface area (Å²) in [4.78, 5) is 15.0. The first-order valence-electron chi connectivity index (χ1n) is 8.45. The number of likely N-dealkylation sites (tertiary alicyclic amines) is 1. The second kappa shape index (κ2) is 6.32. The number of carbonyl (C=O) groups excluding carboxylic acids is 1. The molecule has 0 saturated carbocycles. The van der Waals surface area contributed by atoms with Gasteiger partial charge in [0.2, 0.25) is 0 Å². The highest BCUT2D eigenvalue weighted by molar-refractivity contribution is 6.04. The molecular weight excluding hydrogens is 288 g/mol. The summed E-state index contributed by atoms with van der Waals surface area (Å²) in [5, 5.41) is 11.1. The smallest absolute Gasteiger partial charge is 0.272 e. The maximum atomic E-state index is 12.5. The van der Waals surface area contributed by atoms with Crippen molar-refractivity contribution in [1.82, 2.24) is 20.4 Å². The van der Waals surface area contributed by atoms with E-state index in [2.05, 4.69) is 34.3 Å². The number of benzene rings is 1. The number of aryl methyl sites for hydroxylation is 1. The van der Waals surface area contributed by atoms with E-state index < -0.39 is 0 Å². The molecule has 23 heavy (non-hydrogen) atoms. The summed E-state index contributed by atoms with van der Waals surface area (Å²) < 4.78 is 0. The Morgan fingerprint density at radius 2 is 2.04 bits per heavy atom. The van der Waals surface area contributed by atoms with Gasteiger partial charge in [-0.15, -0.1) is 0 Å². The molecule has 0 radical (unpaired) electrons. The first kappa shape index (κ1) is 16.0. The molecule has 0 unspecified atom stereocenters. The van der Waals surface area contributed by atoms with Crippen LogP contribution in [0, 0.1) is 6.92 Å². The zero-order chi connectivity index (χ0) is 16.4. The van der Waals surface area contributed by atoms with E-state index in [1.165, 1.54) is 19.3 Å². The van der Waals surface area contributed by atoms with Gasteiger partial charge in [0.15, 0.2) is 5.69 Å². The van der Waals surface area contributed by atoms with Crippen molar-refractivity contribution in [2.75, 3.05) is 19.6 Å². The number of aromatic amines is 1. The van der Waals surface area contributed by atoms with Crippen molar-refractivity contribution in [3.63, 3.8) is 0 Å². The Morgan fingerprint density at radius 1 is 1.30 bits per heavy atom. The van der Waals surface area contributed by atoms with Crippen molar-refractivity contribution in [2.45, 2.75) is 45.6 Å². The van der Waals surface area contributed by atoms with E-state index in [1.807, 2.05) is 25.1 Å². The standard InChI is InChI=1S/C18H26N4O/c1-13-7-8-15-14(11-13)16(21-20-15)17(23)19-12-18(2,3)22-9-5-4-6-10-22/h7-8,11H,4-6,9-10,12H2,1-3H3,(H,19,23)(H,20,21). The van der Waals surface area contributed by atoms with Crippen LogP contribution in [-0.4, -0.2) is 46.2 Å². The van der Waals surface area contributed by atoms with E-state index in [1.54, 1.807) is 0 Å². The van der Waals surface area contributed by atoms with Gasteiger partial charge in [0, 0.05) is 17.5 Å². The molecule has 124 valence electrons. The third-order valence-electron chi connectivity index (χ3n) is 4.83. The molecule has 5 nitrogen and oxygen atoms in total. The van der Waals surface area contributed by atoms with Gasteiger partial charge in [0.1, 0.15) is 0 Å². The van der Waals surface area contributed by atoms with Crippen LogP contribution in [0.5, 0.6) is 0 Å². The Morgan fingerprint density at radius 3 is 2.78 bits per heavy atom. The molecule has 5 heteroatoms. The highest BCUT2D eigenvalue weighted by Gasteiger charge is 2.28. The molecule has 1 aliphatic heterocycles. The first-order valence-corrected chi connectivity index (χ1v) is 8.45. The van der Waals surface area contributed by atoms with E-state index in [0.29, 0.717) is 12.2 Å². The Labute approximate surface area is 137 Å². The van der Waals surface area contributed by atoms with Crippen LogP contribution in [0.1, 0.15) is 49.2 Å². The van der Waals surface area contributed by atoms with E-state index in [-0.39, 0.29) is 11.4 Å². The van der Waals surface area contributed by atoms with Gasteiger partial charge >= 0.3 is 0 Å². The molecule has 1 aromatic heterocycles. The second-order valence-corrected chi connectivity index (χ2v) is 7.16. The van der Waals surface area contributed by atoms with Crippen molar-refractivity contribution < 1.29 is 4.79 Å². The minimum atomic E-state index is -0.105. The van der Waals surface area contributed by atoms with Crippen molar-refractivity contribution in [3.05, 3.63) is 29.5 Å². The lowest BCUT2D eigenvalue weighted by molar-refractivity contribution is 0.0795. The number of nitrogens with one attached hydrogen (secondary N) is 2. The predicted molar refractivity (Wildman–Crippen MR) is 92.7 cm³/mol. The van der Waals surface area contributed by atoms with Gasteiger partial charge in [0.05, 0.1) is 5.52 Å². The van der Waals surface area contributed by atoms with Crippen LogP contribution >= 0.6 is 0 Å². The maximum Gasteiger partial charge on any atom is 0.272 e. The fourth-order valence-corrected chi connectivity index (χ4v) is 3.29. The van der Waals surface area contributed by atoms with E-state index in [0.717, 1.165) is 29.6 Å². The third kappa shape index (κ3) is 3.39. The van der Waals surface area contributed by atoms with Crippen LogP contribution in [0.4, 0.5) is 0 Å². The first-order chi connectivity index (χ1) is 11.0. The zero-order valence-electron chi connectivity index (χ0n) is 14.3. The summed E-state index contributed by atoms with van der Waals surface area (Å²) in [6.07, 6.45) is 3.82. The van der Waals surface area contributed by atoms with E-state index in [9.17, 15) is 4.79 Å². The Balaban J connectivity index is 1.69. The second-order valence-electron chi connectivity index (χ2n) is 7.16. The molecular formula is C18H26N4O. The van der Waals surface area contributed by atoms with Gasteiger partial charge < -0.3 is 5.32 Å². The number of fused-ring (bicyclic) bond motifs is 1. The van der Waals surface area contributed by atoms with Crippen LogP contribution in [0.2, 0.25) is 0 Å². The molecule has 0 atom stereocenters. The number of piperidine rings is 1. The van der Waals surface area contributed by atoms with Crippen LogP contribution in [0.15, 0.2) is 18.2 Å². The van der Waals surface area contributed by atoms with Crippen LogP contribution < -0.4 is 5.32 Å². The van der Waals surface area contributed by atoms with Crippen LogP contribution in [0.25, 0.3) is 10.9 Å². The van der Waals surface area contributed by atoms with Gasteiger partial charge in [-0.05, 0) is 58.8 Å². The summed E-state index contributed by atoms with van der Waals surface area (Å²) in [5.74, 6) is -0.105. The molecule has 0 aliphatic carbocycles. The highest BCUT2D eigenvalue weighted by atomic mass is 16.1. The van der Waals surface area contributed by atoms with Crippen molar-refractivity contribution in [2.24, 2.45) is 0 Å². The average Bonchev–Trinajstić information content (AvgIpc) is 2.96. The maximum absolute atomic E-state index is 12.5. The quantitative estimate of drug-likeness (QED) is 0.912. The minimum Gasteiger partial charge on any atom is -0.349 e. The molecule has 1 fully saturated rings. The van der Waals surface area contributed by atoms with Gasteiger partial charge in [-0.25, -0.2) is 0 Å². The fraction of sp³-hybridized carbons (Fsp3) is 0.556. The number of hydrogen-bond donors (Lipinski definition) is 2. The summed E-state index contributed by atoms with van der Waals surface area (Å²) in [7, 11) is 0. The van der Waals surface area contributed by atoms with Gasteiger partial charge in [-0.2, -0.15) is 5.10 Å². The Hall–Kier alpha value is -1.88. The monoisotopic (exact) mass is 314 g/mol. The Bertz CT molecular complexity index is 698. The number of hydrogen-bond acceptors (Lipinski definition) is 3. The topological polar surface area (TPSA) is 61.0 Å². The highest BCUT2D eigenvalue weighted by Crippen LogP contribution is 2.21. The zero-order valence-corrected chi connectivity index (χ0v) is 14.3. The minimum absolute atomic E-state index is 0.0297. The number of nitrogens with zero attached hydrogens (tertiary/aromatic N) is 2. The van der Waals surface area contributed by atoms with Gasteiger partial charge in [-0.3, -0.25) is 14.8 Å². The van der Waals surface area contributed by atoms with Crippen LogP contribution in [0.3, 0.4) is 0 Å². The molecule has 1 saturated heterocycles. The molecule has 0 bridgehead atoms. The summed E-state index contributed by atoms with van der Waals surface area (Å²) in [5.41, 5.74) is 2.48. The molecule has 1 aromatic carbocycles. The largest absolute Gasteiger partial charge is 0.349 e. The normalized spacial score (nSPS) is 16.7. The van der Waals surface area contributed by atoms with E-state index >= 15 is 0 Å². The molecule has 2 heterocycles. The Kier molecular flexibility index (Phi) is 4.39. The van der Waals surface area contributed by atoms with Crippen molar-refractivity contribution >= 4 is 16.8 Å². The summed E-state index contributed by atoms with van der Waals surface area (Å²) >= 11 is 0. The summed E-state index contributed by atoms with van der Waals surface area (Å²) in [6.45, 7) is 9.29. The summed E-state index contributed by atoms with van der Waals surface area (Å²) in [6, 6.07) is 5.98.